The first kappa shape index (κ1) is 9.30. The van der Waals surface area contributed by atoms with E-state index in [1.165, 1.54) is 0 Å². The van der Waals surface area contributed by atoms with Crippen molar-refractivity contribution in [2.45, 2.75) is 25.4 Å². The zero-order valence-corrected chi connectivity index (χ0v) is 8.11. The third-order valence-electron chi connectivity index (χ3n) is 2.90. The molecule has 0 bridgehead atoms. The van der Waals surface area contributed by atoms with E-state index in [0.29, 0.717) is 13.1 Å². The molecular weight excluding hydrogens is 182 g/mol. The number of carbonyl (C=O) groups excluding carboxylic acids is 2. The third kappa shape index (κ3) is 1.54. The van der Waals surface area contributed by atoms with E-state index < -0.39 is 0 Å². The van der Waals surface area contributed by atoms with Gasteiger partial charge in [0.25, 0.3) is 0 Å². The molecule has 0 saturated carbocycles. The first-order chi connectivity index (χ1) is 6.83. The molecule has 2 fully saturated rings. The number of urea groups is 1. The van der Waals surface area contributed by atoms with Gasteiger partial charge in [0, 0.05) is 19.6 Å². The molecule has 2 aliphatic heterocycles. The summed E-state index contributed by atoms with van der Waals surface area (Å²) in [5.74, 6) is 0. The summed E-state index contributed by atoms with van der Waals surface area (Å²) in [5.41, 5.74) is 0. The molecule has 0 aromatic heterocycles. The third-order valence-corrected chi connectivity index (χ3v) is 2.90. The summed E-state index contributed by atoms with van der Waals surface area (Å²) in [7, 11) is 0. The standard InChI is InChI=1S/C9H15N3O2/c13-7-11-5-2-1-3-8(11)12-6-4-10-9(12)14/h7-8H,1-6H2,(H,10,14). The molecule has 5 nitrogen and oxygen atoms in total. The number of rotatable bonds is 2. The van der Waals surface area contributed by atoms with Gasteiger partial charge in [-0.15, -0.1) is 0 Å². The minimum Gasteiger partial charge on any atom is -0.336 e. The van der Waals surface area contributed by atoms with Crippen LogP contribution in [0.1, 0.15) is 19.3 Å². The SMILES string of the molecule is O=CN1CCCCC1N1CCNC1=O. The molecule has 2 heterocycles. The summed E-state index contributed by atoms with van der Waals surface area (Å²) in [6, 6.07) is -0.0382. The monoisotopic (exact) mass is 197 g/mol. The Bertz CT molecular complexity index is 244. The average molecular weight is 197 g/mol. The average Bonchev–Trinajstić information content (AvgIpc) is 2.64. The summed E-state index contributed by atoms with van der Waals surface area (Å²) < 4.78 is 0. The summed E-state index contributed by atoms with van der Waals surface area (Å²) >= 11 is 0. The maximum Gasteiger partial charge on any atom is 0.319 e. The molecule has 0 aromatic rings. The van der Waals surface area contributed by atoms with Gasteiger partial charge in [-0.3, -0.25) is 4.79 Å². The van der Waals surface area contributed by atoms with Crippen LogP contribution in [0, 0.1) is 0 Å². The van der Waals surface area contributed by atoms with Gasteiger partial charge in [-0.1, -0.05) is 0 Å². The highest BCUT2D eigenvalue weighted by molar-refractivity contribution is 5.76. The second-order valence-corrected chi connectivity index (χ2v) is 3.74. The van der Waals surface area contributed by atoms with Crippen LogP contribution in [0.15, 0.2) is 0 Å². The van der Waals surface area contributed by atoms with Crippen LogP contribution in [0.4, 0.5) is 4.79 Å². The number of amides is 3. The van der Waals surface area contributed by atoms with Gasteiger partial charge < -0.3 is 15.1 Å². The van der Waals surface area contributed by atoms with Crippen molar-refractivity contribution in [3.8, 4) is 0 Å². The summed E-state index contributed by atoms with van der Waals surface area (Å²) in [5, 5.41) is 2.76. The zero-order valence-electron chi connectivity index (χ0n) is 8.11. The Morgan fingerprint density at radius 2 is 2.21 bits per heavy atom. The molecule has 3 amide bonds. The highest BCUT2D eigenvalue weighted by Gasteiger charge is 2.32. The number of likely N-dealkylation sites (tertiary alicyclic amines) is 1. The molecular formula is C9H15N3O2. The van der Waals surface area contributed by atoms with Gasteiger partial charge in [-0.2, -0.15) is 0 Å². The van der Waals surface area contributed by atoms with Crippen molar-refractivity contribution in [1.29, 1.82) is 0 Å². The summed E-state index contributed by atoms with van der Waals surface area (Å²) in [4.78, 5) is 25.7. The van der Waals surface area contributed by atoms with E-state index in [2.05, 4.69) is 5.32 Å². The largest absolute Gasteiger partial charge is 0.336 e. The van der Waals surface area contributed by atoms with Crippen LogP contribution in [0.3, 0.4) is 0 Å². The lowest BCUT2D eigenvalue weighted by atomic mass is 10.1. The maximum atomic E-state index is 11.4. The molecule has 1 N–H and O–H groups in total. The van der Waals surface area contributed by atoms with E-state index in [9.17, 15) is 9.59 Å². The number of hydrogen-bond acceptors (Lipinski definition) is 2. The first-order valence-corrected chi connectivity index (χ1v) is 5.08. The van der Waals surface area contributed by atoms with E-state index in [0.717, 1.165) is 32.2 Å². The fourth-order valence-corrected chi connectivity index (χ4v) is 2.16. The second kappa shape index (κ2) is 3.86. The molecule has 0 radical (unpaired) electrons. The molecule has 1 atom stereocenters. The Labute approximate surface area is 83.0 Å². The van der Waals surface area contributed by atoms with Crippen molar-refractivity contribution < 1.29 is 9.59 Å². The smallest absolute Gasteiger partial charge is 0.319 e. The van der Waals surface area contributed by atoms with Crippen molar-refractivity contribution in [3.05, 3.63) is 0 Å². The predicted molar refractivity (Wildman–Crippen MR) is 50.5 cm³/mol. The Kier molecular flexibility index (Phi) is 2.56. The van der Waals surface area contributed by atoms with Gasteiger partial charge in [0.15, 0.2) is 0 Å². The molecule has 2 saturated heterocycles. The van der Waals surface area contributed by atoms with Gasteiger partial charge in [0.2, 0.25) is 6.41 Å². The van der Waals surface area contributed by atoms with E-state index in [1.807, 2.05) is 0 Å². The van der Waals surface area contributed by atoms with Crippen LogP contribution in [-0.2, 0) is 4.79 Å². The fraction of sp³-hybridized carbons (Fsp3) is 0.778. The zero-order chi connectivity index (χ0) is 9.97. The van der Waals surface area contributed by atoms with Crippen molar-refractivity contribution >= 4 is 12.4 Å². The number of piperidine rings is 1. The van der Waals surface area contributed by atoms with Gasteiger partial charge in [0.1, 0.15) is 6.17 Å². The maximum absolute atomic E-state index is 11.4. The number of carbonyl (C=O) groups is 2. The number of hydrogen-bond donors (Lipinski definition) is 1. The Balaban J connectivity index is 2.06. The van der Waals surface area contributed by atoms with Crippen molar-refractivity contribution in [2.75, 3.05) is 19.6 Å². The van der Waals surface area contributed by atoms with Crippen LogP contribution in [-0.4, -0.2) is 48.0 Å². The van der Waals surface area contributed by atoms with Crippen LogP contribution in [0.2, 0.25) is 0 Å². The normalized spacial score (nSPS) is 27.7. The van der Waals surface area contributed by atoms with E-state index in [-0.39, 0.29) is 12.2 Å². The van der Waals surface area contributed by atoms with Gasteiger partial charge in [-0.05, 0) is 19.3 Å². The summed E-state index contributed by atoms with van der Waals surface area (Å²) in [6.07, 6.45) is 3.90. The Morgan fingerprint density at radius 3 is 2.86 bits per heavy atom. The lowest BCUT2D eigenvalue weighted by Crippen LogP contribution is -2.51. The predicted octanol–water partition coefficient (Wildman–Crippen LogP) is -0.0200. The molecule has 0 aliphatic carbocycles. The van der Waals surface area contributed by atoms with E-state index in [4.69, 9.17) is 0 Å². The van der Waals surface area contributed by atoms with Crippen LogP contribution < -0.4 is 5.32 Å². The van der Waals surface area contributed by atoms with E-state index >= 15 is 0 Å². The molecule has 14 heavy (non-hydrogen) atoms. The molecule has 5 heteroatoms. The number of nitrogens with zero attached hydrogens (tertiary/aromatic N) is 2. The van der Waals surface area contributed by atoms with Crippen LogP contribution in [0.5, 0.6) is 0 Å². The van der Waals surface area contributed by atoms with Crippen molar-refractivity contribution in [2.24, 2.45) is 0 Å². The summed E-state index contributed by atoms with van der Waals surface area (Å²) in [6.45, 7) is 2.19. The molecule has 78 valence electrons. The first-order valence-electron chi connectivity index (χ1n) is 5.08. The topological polar surface area (TPSA) is 52.7 Å². The van der Waals surface area contributed by atoms with Gasteiger partial charge in [-0.25, -0.2) is 4.79 Å². The fourth-order valence-electron chi connectivity index (χ4n) is 2.16. The minimum atomic E-state index is -0.0382. The lowest BCUT2D eigenvalue weighted by Gasteiger charge is -2.37. The van der Waals surface area contributed by atoms with Gasteiger partial charge >= 0.3 is 6.03 Å². The van der Waals surface area contributed by atoms with Crippen molar-refractivity contribution in [3.63, 3.8) is 0 Å². The number of nitrogens with one attached hydrogen (secondary N) is 1. The highest BCUT2D eigenvalue weighted by Crippen LogP contribution is 2.19. The quantitative estimate of drug-likeness (QED) is 0.632. The van der Waals surface area contributed by atoms with Crippen molar-refractivity contribution in [1.82, 2.24) is 15.1 Å². The lowest BCUT2D eigenvalue weighted by molar-refractivity contribution is -0.124. The van der Waals surface area contributed by atoms with Crippen LogP contribution in [0.25, 0.3) is 0 Å². The Hall–Kier alpha value is -1.26. The molecule has 2 rings (SSSR count). The minimum absolute atomic E-state index is 0.0104. The highest BCUT2D eigenvalue weighted by atomic mass is 16.2. The second-order valence-electron chi connectivity index (χ2n) is 3.74. The molecule has 0 aromatic carbocycles. The van der Waals surface area contributed by atoms with E-state index in [1.54, 1.807) is 9.80 Å². The molecule has 2 aliphatic rings. The molecule has 0 spiro atoms. The Morgan fingerprint density at radius 1 is 1.36 bits per heavy atom. The van der Waals surface area contributed by atoms with Gasteiger partial charge in [0.05, 0.1) is 0 Å². The molecule has 1 unspecified atom stereocenters. The van der Waals surface area contributed by atoms with Crippen LogP contribution >= 0.6 is 0 Å².